The maximum Gasteiger partial charge on any atom is 0.252 e. The van der Waals surface area contributed by atoms with Gasteiger partial charge in [-0.05, 0) is 25.0 Å². The number of aromatic nitrogens is 1. The average Bonchev–Trinajstić information content (AvgIpc) is 2.43. The largest absolute Gasteiger partial charge is 0.348 e. The van der Waals surface area contributed by atoms with Crippen molar-refractivity contribution >= 4 is 16.8 Å². The van der Waals surface area contributed by atoms with E-state index in [0.717, 1.165) is 16.6 Å². The van der Waals surface area contributed by atoms with Crippen molar-refractivity contribution < 1.29 is 4.79 Å². The van der Waals surface area contributed by atoms with Gasteiger partial charge in [0.2, 0.25) is 0 Å². The van der Waals surface area contributed by atoms with Gasteiger partial charge in [-0.3, -0.25) is 9.78 Å². The zero-order valence-corrected chi connectivity index (χ0v) is 12.2. The van der Waals surface area contributed by atoms with E-state index in [1.165, 1.54) is 0 Å². The number of hydrogen-bond donors (Lipinski definition) is 2. The molecule has 0 bridgehead atoms. The second kappa shape index (κ2) is 6.01. The fourth-order valence-electron chi connectivity index (χ4n) is 2.24. The van der Waals surface area contributed by atoms with Crippen LogP contribution in [-0.4, -0.2) is 23.5 Å². The van der Waals surface area contributed by atoms with Gasteiger partial charge >= 0.3 is 0 Å². The summed E-state index contributed by atoms with van der Waals surface area (Å²) < 4.78 is 0. The molecule has 1 heterocycles. The van der Waals surface area contributed by atoms with Crippen LogP contribution in [0.15, 0.2) is 30.3 Å². The van der Waals surface area contributed by atoms with Crippen LogP contribution in [0.4, 0.5) is 0 Å². The Morgan fingerprint density at radius 1 is 1.35 bits per heavy atom. The van der Waals surface area contributed by atoms with Crippen LogP contribution in [0.3, 0.4) is 0 Å². The third-order valence-electron chi connectivity index (χ3n) is 3.46. The minimum Gasteiger partial charge on any atom is -0.348 e. The molecule has 2 rings (SSSR count). The molecule has 0 radical (unpaired) electrons. The number of carbonyl (C=O) groups excluding carboxylic acids is 1. The number of benzene rings is 1. The molecule has 0 saturated carbocycles. The number of para-hydroxylation sites is 1. The van der Waals surface area contributed by atoms with Crippen molar-refractivity contribution in [3.05, 3.63) is 41.6 Å². The highest BCUT2D eigenvalue weighted by molar-refractivity contribution is 6.06. The molecular weight excluding hydrogens is 250 g/mol. The highest BCUT2D eigenvalue weighted by Crippen LogP contribution is 2.18. The Hall–Kier alpha value is -1.94. The van der Waals surface area contributed by atoms with Crippen LogP contribution in [0, 0.1) is 12.8 Å². The van der Waals surface area contributed by atoms with E-state index in [1.807, 2.05) is 51.1 Å². The molecule has 4 nitrogen and oxygen atoms in total. The maximum absolute atomic E-state index is 12.5. The lowest BCUT2D eigenvalue weighted by molar-refractivity contribution is 0.0929. The van der Waals surface area contributed by atoms with Crippen molar-refractivity contribution in [2.75, 3.05) is 6.54 Å². The normalized spacial score (nSPS) is 12.7. The number of pyridine rings is 1. The van der Waals surface area contributed by atoms with E-state index in [4.69, 9.17) is 5.73 Å². The predicted octanol–water partition coefficient (Wildman–Crippen LogP) is 2.26. The van der Waals surface area contributed by atoms with E-state index in [9.17, 15) is 4.79 Å². The average molecular weight is 271 g/mol. The number of amides is 1. The first-order chi connectivity index (χ1) is 9.52. The number of nitrogens with two attached hydrogens (primary N) is 1. The van der Waals surface area contributed by atoms with Gasteiger partial charge < -0.3 is 11.1 Å². The zero-order chi connectivity index (χ0) is 14.7. The molecule has 4 heteroatoms. The van der Waals surface area contributed by atoms with Gasteiger partial charge in [0.25, 0.3) is 5.91 Å². The maximum atomic E-state index is 12.5. The standard InChI is InChI=1S/C16H21N3O/c1-10(2)15(9-17)19-16(20)13-8-11(3)18-14-7-5-4-6-12(13)14/h4-8,10,15H,9,17H2,1-3H3,(H,19,20). The predicted molar refractivity (Wildman–Crippen MR) is 81.6 cm³/mol. The molecule has 20 heavy (non-hydrogen) atoms. The first kappa shape index (κ1) is 14.5. The summed E-state index contributed by atoms with van der Waals surface area (Å²) in [5.41, 5.74) is 8.05. The Balaban J connectivity index is 2.39. The van der Waals surface area contributed by atoms with Crippen molar-refractivity contribution in [3.63, 3.8) is 0 Å². The number of rotatable bonds is 4. The summed E-state index contributed by atoms with van der Waals surface area (Å²) in [5.74, 6) is 0.217. The van der Waals surface area contributed by atoms with E-state index in [-0.39, 0.29) is 11.9 Å². The van der Waals surface area contributed by atoms with Crippen LogP contribution >= 0.6 is 0 Å². The zero-order valence-electron chi connectivity index (χ0n) is 12.2. The highest BCUT2D eigenvalue weighted by atomic mass is 16.1. The molecule has 0 fully saturated rings. The molecule has 0 aliphatic carbocycles. The molecule has 0 saturated heterocycles. The summed E-state index contributed by atoms with van der Waals surface area (Å²) in [7, 11) is 0. The summed E-state index contributed by atoms with van der Waals surface area (Å²) in [6.07, 6.45) is 0. The number of aryl methyl sites for hydroxylation is 1. The Morgan fingerprint density at radius 3 is 2.70 bits per heavy atom. The number of carbonyl (C=O) groups is 1. The number of hydrogen-bond acceptors (Lipinski definition) is 3. The molecule has 3 N–H and O–H groups in total. The van der Waals surface area contributed by atoms with Gasteiger partial charge in [-0.25, -0.2) is 0 Å². The second-order valence-electron chi connectivity index (χ2n) is 5.39. The van der Waals surface area contributed by atoms with Crippen molar-refractivity contribution in [1.29, 1.82) is 0 Å². The smallest absolute Gasteiger partial charge is 0.252 e. The van der Waals surface area contributed by atoms with E-state index in [0.29, 0.717) is 18.0 Å². The molecular formula is C16H21N3O. The van der Waals surface area contributed by atoms with Crippen LogP contribution in [0.1, 0.15) is 29.9 Å². The summed E-state index contributed by atoms with van der Waals surface area (Å²) in [6, 6.07) is 9.48. The molecule has 1 atom stereocenters. The quantitative estimate of drug-likeness (QED) is 0.896. The van der Waals surface area contributed by atoms with E-state index < -0.39 is 0 Å². The van der Waals surface area contributed by atoms with Crippen LogP contribution < -0.4 is 11.1 Å². The molecule has 1 amide bonds. The molecule has 0 aliphatic heterocycles. The van der Waals surface area contributed by atoms with Gasteiger partial charge in [0.05, 0.1) is 11.1 Å². The summed E-state index contributed by atoms with van der Waals surface area (Å²) in [5, 5.41) is 3.88. The third kappa shape index (κ3) is 2.96. The molecule has 1 unspecified atom stereocenters. The summed E-state index contributed by atoms with van der Waals surface area (Å²) in [4.78, 5) is 16.9. The Labute approximate surface area is 119 Å². The summed E-state index contributed by atoms with van der Waals surface area (Å²) >= 11 is 0. The summed E-state index contributed by atoms with van der Waals surface area (Å²) in [6.45, 7) is 6.43. The third-order valence-corrected chi connectivity index (χ3v) is 3.46. The molecule has 0 aliphatic rings. The van der Waals surface area contributed by atoms with Crippen molar-refractivity contribution in [1.82, 2.24) is 10.3 Å². The van der Waals surface area contributed by atoms with Crippen molar-refractivity contribution in [3.8, 4) is 0 Å². The molecule has 106 valence electrons. The fraction of sp³-hybridized carbons (Fsp3) is 0.375. The van der Waals surface area contributed by atoms with E-state index in [2.05, 4.69) is 10.3 Å². The molecule has 1 aromatic heterocycles. The van der Waals surface area contributed by atoms with Gasteiger partial charge in [0.1, 0.15) is 0 Å². The lowest BCUT2D eigenvalue weighted by atomic mass is 10.0. The highest BCUT2D eigenvalue weighted by Gasteiger charge is 2.17. The Kier molecular flexibility index (Phi) is 4.35. The van der Waals surface area contributed by atoms with Crippen LogP contribution in [-0.2, 0) is 0 Å². The van der Waals surface area contributed by atoms with Gasteiger partial charge in [-0.1, -0.05) is 32.0 Å². The lowest BCUT2D eigenvalue weighted by Crippen LogP contribution is -2.43. The minimum atomic E-state index is -0.0872. The van der Waals surface area contributed by atoms with Crippen molar-refractivity contribution in [2.45, 2.75) is 26.8 Å². The van der Waals surface area contributed by atoms with E-state index >= 15 is 0 Å². The van der Waals surface area contributed by atoms with Gasteiger partial charge in [-0.15, -0.1) is 0 Å². The molecule has 2 aromatic rings. The van der Waals surface area contributed by atoms with Crippen LogP contribution in [0.2, 0.25) is 0 Å². The topological polar surface area (TPSA) is 68.0 Å². The van der Waals surface area contributed by atoms with E-state index in [1.54, 1.807) is 0 Å². The van der Waals surface area contributed by atoms with Crippen molar-refractivity contribution in [2.24, 2.45) is 11.7 Å². The van der Waals surface area contributed by atoms with Crippen LogP contribution in [0.5, 0.6) is 0 Å². The van der Waals surface area contributed by atoms with Gasteiger partial charge in [0, 0.05) is 23.7 Å². The minimum absolute atomic E-state index is 0.0188. The Bertz CT molecular complexity index is 622. The number of nitrogens with one attached hydrogen (secondary N) is 1. The van der Waals surface area contributed by atoms with Gasteiger partial charge in [0.15, 0.2) is 0 Å². The monoisotopic (exact) mass is 271 g/mol. The van der Waals surface area contributed by atoms with Crippen LogP contribution in [0.25, 0.3) is 10.9 Å². The first-order valence-electron chi connectivity index (χ1n) is 6.90. The van der Waals surface area contributed by atoms with Gasteiger partial charge in [-0.2, -0.15) is 0 Å². The molecule has 0 spiro atoms. The fourth-order valence-corrected chi connectivity index (χ4v) is 2.24. The number of nitrogens with zero attached hydrogens (tertiary/aromatic N) is 1. The Morgan fingerprint density at radius 2 is 2.05 bits per heavy atom. The SMILES string of the molecule is Cc1cc(C(=O)NC(CN)C(C)C)c2ccccc2n1. The number of fused-ring (bicyclic) bond motifs is 1. The molecule has 1 aromatic carbocycles. The first-order valence-corrected chi connectivity index (χ1v) is 6.90. The second-order valence-corrected chi connectivity index (χ2v) is 5.39. The lowest BCUT2D eigenvalue weighted by Gasteiger charge is -2.21.